The van der Waals surface area contributed by atoms with Crippen molar-refractivity contribution in [2.75, 3.05) is 13.1 Å². The molecular weight excluding hydrogens is 242 g/mol. The van der Waals surface area contributed by atoms with E-state index in [-0.39, 0.29) is 6.09 Å². The molecule has 5 heteroatoms. The average molecular weight is 265 g/mol. The van der Waals surface area contributed by atoms with Crippen LogP contribution in [-0.4, -0.2) is 39.7 Å². The van der Waals surface area contributed by atoms with E-state index in [1.807, 2.05) is 31.9 Å². The molecule has 19 heavy (non-hydrogen) atoms. The summed E-state index contributed by atoms with van der Waals surface area (Å²) in [5, 5.41) is 0. The summed E-state index contributed by atoms with van der Waals surface area (Å²) in [4.78, 5) is 20.9. The van der Waals surface area contributed by atoms with Crippen LogP contribution in [0.15, 0.2) is 12.5 Å². The SMILES string of the molecule is CC(C)(C)OC(=O)N1CC[C@H](CCc2cnc[nH]2)C1. The lowest BCUT2D eigenvalue weighted by Gasteiger charge is -2.24. The summed E-state index contributed by atoms with van der Waals surface area (Å²) in [7, 11) is 0. The van der Waals surface area contributed by atoms with Crippen LogP contribution in [0.3, 0.4) is 0 Å². The maximum absolute atomic E-state index is 11.9. The van der Waals surface area contributed by atoms with Crippen LogP contribution in [0.1, 0.15) is 39.3 Å². The zero-order valence-electron chi connectivity index (χ0n) is 12.0. The van der Waals surface area contributed by atoms with Gasteiger partial charge in [-0.3, -0.25) is 0 Å². The van der Waals surface area contributed by atoms with E-state index in [2.05, 4.69) is 9.97 Å². The van der Waals surface area contributed by atoms with Crippen molar-refractivity contribution in [2.45, 2.75) is 45.6 Å². The third kappa shape index (κ3) is 4.26. The van der Waals surface area contributed by atoms with Crippen LogP contribution in [0.5, 0.6) is 0 Å². The first-order chi connectivity index (χ1) is 8.94. The first-order valence-corrected chi connectivity index (χ1v) is 6.89. The number of carbonyl (C=O) groups excluding carboxylic acids is 1. The van der Waals surface area contributed by atoms with Gasteiger partial charge in [0.15, 0.2) is 0 Å². The second kappa shape index (κ2) is 5.63. The van der Waals surface area contributed by atoms with E-state index in [9.17, 15) is 4.79 Å². The van der Waals surface area contributed by atoms with Crippen LogP contribution in [0, 0.1) is 5.92 Å². The molecule has 1 saturated heterocycles. The zero-order chi connectivity index (χ0) is 13.9. The third-order valence-corrected chi connectivity index (χ3v) is 3.31. The van der Waals surface area contributed by atoms with Crippen molar-refractivity contribution in [3.8, 4) is 0 Å². The van der Waals surface area contributed by atoms with Gasteiger partial charge < -0.3 is 14.6 Å². The van der Waals surface area contributed by atoms with E-state index in [1.54, 1.807) is 6.33 Å². The monoisotopic (exact) mass is 265 g/mol. The molecule has 2 rings (SSSR count). The normalized spacial score (nSPS) is 19.7. The predicted octanol–water partition coefficient (Wildman–Crippen LogP) is 2.60. The highest BCUT2D eigenvalue weighted by atomic mass is 16.6. The molecule has 0 bridgehead atoms. The number of amides is 1. The number of hydrogen-bond acceptors (Lipinski definition) is 3. The predicted molar refractivity (Wildman–Crippen MR) is 72.8 cm³/mol. The number of nitrogens with one attached hydrogen (secondary N) is 1. The lowest BCUT2D eigenvalue weighted by atomic mass is 10.0. The van der Waals surface area contributed by atoms with Crippen LogP contribution < -0.4 is 0 Å². The molecule has 106 valence electrons. The number of carbonyl (C=O) groups is 1. The quantitative estimate of drug-likeness (QED) is 0.914. The van der Waals surface area contributed by atoms with E-state index in [0.717, 1.165) is 38.0 Å². The Hall–Kier alpha value is -1.52. The first-order valence-electron chi connectivity index (χ1n) is 6.89. The summed E-state index contributed by atoms with van der Waals surface area (Å²) in [5.74, 6) is 0.566. The van der Waals surface area contributed by atoms with Crippen molar-refractivity contribution in [3.63, 3.8) is 0 Å². The van der Waals surface area contributed by atoms with Crippen molar-refractivity contribution in [3.05, 3.63) is 18.2 Å². The number of imidazole rings is 1. The van der Waals surface area contributed by atoms with E-state index in [1.165, 1.54) is 0 Å². The van der Waals surface area contributed by atoms with Crippen LogP contribution in [0.4, 0.5) is 4.79 Å². The highest BCUT2D eigenvalue weighted by Gasteiger charge is 2.29. The summed E-state index contributed by atoms with van der Waals surface area (Å²) >= 11 is 0. The fourth-order valence-electron chi connectivity index (χ4n) is 2.34. The molecule has 0 aliphatic carbocycles. The Labute approximate surface area is 114 Å². The second-order valence-electron chi connectivity index (χ2n) is 6.20. The first kappa shape index (κ1) is 13.9. The van der Waals surface area contributed by atoms with E-state index >= 15 is 0 Å². The highest BCUT2D eigenvalue weighted by Crippen LogP contribution is 2.23. The van der Waals surface area contributed by atoms with Crippen molar-refractivity contribution in [1.29, 1.82) is 0 Å². The average Bonchev–Trinajstić information content (AvgIpc) is 2.96. The number of ether oxygens (including phenoxy) is 1. The number of rotatable bonds is 3. The Kier molecular flexibility index (Phi) is 4.12. The number of aromatic amines is 1. The van der Waals surface area contributed by atoms with Gasteiger partial charge in [-0.05, 0) is 46.0 Å². The summed E-state index contributed by atoms with van der Waals surface area (Å²) in [5.41, 5.74) is 0.751. The minimum atomic E-state index is -0.412. The number of H-pyrrole nitrogens is 1. The van der Waals surface area contributed by atoms with Crippen molar-refractivity contribution < 1.29 is 9.53 Å². The van der Waals surface area contributed by atoms with Gasteiger partial charge in [-0.2, -0.15) is 0 Å². The fraction of sp³-hybridized carbons (Fsp3) is 0.714. The molecule has 1 aromatic rings. The molecule has 0 saturated carbocycles. The van der Waals surface area contributed by atoms with Crippen LogP contribution in [0.25, 0.3) is 0 Å². The number of aryl methyl sites for hydroxylation is 1. The largest absolute Gasteiger partial charge is 0.444 e. The maximum Gasteiger partial charge on any atom is 0.410 e. The number of likely N-dealkylation sites (tertiary alicyclic amines) is 1. The topological polar surface area (TPSA) is 58.2 Å². The lowest BCUT2D eigenvalue weighted by molar-refractivity contribution is 0.0287. The van der Waals surface area contributed by atoms with Gasteiger partial charge >= 0.3 is 6.09 Å². The Bertz CT molecular complexity index is 409. The summed E-state index contributed by atoms with van der Waals surface area (Å²) in [6.45, 7) is 7.32. The number of nitrogens with zero attached hydrogens (tertiary/aromatic N) is 2. The lowest BCUT2D eigenvalue weighted by Crippen LogP contribution is -2.35. The van der Waals surface area contributed by atoms with Crippen molar-refractivity contribution in [1.82, 2.24) is 14.9 Å². The standard InChI is InChI=1S/C14H23N3O2/c1-14(2,3)19-13(18)17-7-6-11(9-17)4-5-12-8-15-10-16-12/h8,10-11H,4-7,9H2,1-3H3,(H,15,16)/t11-/m0/s1. The Morgan fingerprint density at radius 2 is 2.37 bits per heavy atom. The van der Waals surface area contributed by atoms with E-state index in [0.29, 0.717) is 5.92 Å². The molecule has 1 aliphatic rings. The van der Waals surface area contributed by atoms with Gasteiger partial charge in [0.05, 0.1) is 6.33 Å². The smallest absolute Gasteiger partial charge is 0.410 e. The molecule has 0 spiro atoms. The number of aromatic nitrogens is 2. The van der Waals surface area contributed by atoms with Crippen molar-refractivity contribution in [2.24, 2.45) is 5.92 Å². The van der Waals surface area contributed by atoms with Crippen LogP contribution in [0.2, 0.25) is 0 Å². The van der Waals surface area contributed by atoms with E-state index in [4.69, 9.17) is 4.74 Å². The number of hydrogen-bond donors (Lipinski definition) is 1. The molecular formula is C14H23N3O2. The van der Waals surface area contributed by atoms with Gasteiger partial charge in [0, 0.05) is 25.0 Å². The van der Waals surface area contributed by atoms with Gasteiger partial charge in [0.1, 0.15) is 5.60 Å². The Morgan fingerprint density at radius 1 is 1.58 bits per heavy atom. The minimum Gasteiger partial charge on any atom is -0.444 e. The maximum atomic E-state index is 11.9. The molecule has 0 radical (unpaired) electrons. The Morgan fingerprint density at radius 3 is 3.00 bits per heavy atom. The van der Waals surface area contributed by atoms with Gasteiger partial charge in [0.2, 0.25) is 0 Å². The molecule has 1 fully saturated rings. The molecule has 2 heterocycles. The summed E-state index contributed by atoms with van der Waals surface area (Å²) < 4.78 is 5.39. The molecule has 5 nitrogen and oxygen atoms in total. The van der Waals surface area contributed by atoms with Gasteiger partial charge in [-0.15, -0.1) is 0 Å². The summed E-state index contributed by atoms with van der Waals surface area (Å²) in [6.07, 6.45) is 6.52. The zero-order valence-corrected chi connectivity index (χ0v) is 12.0. The molecule has 0 aromatic carbocycles. The molecule has 0 unspecified atom stereocenters. The molecule has 1 amide bonds. The Balaban J connectivity index is 1.75. The third-order valence-electron chi connectivity index (χ3n) is 3.31. The van der Waals surface area contributed by atoms with Gasteiger partial charge in [0.25, 0.3) is 0 Å². The van der Waals surface area contributed by atoms with E-state index < -0.39 is 5.60 Å². The molecule has 1 aliphatic heterocycles. The highest BCUT2D eigenvalue weighted by molar-refractivity contribution is 5.68. The summed E-state index contributed by atoms with van der Waals surface area (Å²) in [6, 6.07) is 0. The fourth-order valence-corrected chi connectivity index (χ4v) is 2.34. The van der Waals surface area contributed by atoms with Crippen LogP contribution in [-0.2, 0) is 11.2 Å². The van der Waals surface area contributed by atoms with Gasteiger partial charge in [-0.1, -0.05) is 0 Å². The molecule has 1 aromatic heterocycles. The minimum absolute atomic E-state index is 0.184. The van der Waals surface area contributed by atoms with Crippen LogP contribution >= 0.6 is 0 Å². The van der Waals surface area contributed by atoms with Crippen molar-refractivity contribution >= 4 is 6.09 Å². The molecule has 1 N–H and O–H groups in total. The molecule has 1 atom stereocenters. The van der Waals surface area contributed by atoms with Gasteiger partial charge in [-0.25, -0.2) is 9.78 Å². The second-order valence-corrected chi connectivity index (χ2v) is 6.20.